The maximum Gasteiger partial charge on any atom is 0.183 e. The molecule has 1 aliphatic carbocycles. The number of thioether (sulfide) groups is 1. The molecule has 0 radical (unpaired) electrons. The summed E-state index contributed by atoms with van der Waals surface area (Å²) >= 11 is 1.28. The van der Waals surface area contributed by atoms with Gasteiger partial charge in [0.15, 0.2) is 11.4 Å². The van der Waals surface area contributed by atoms with Gasteiger partial charge in [0.25, 0.3) is 0 Å². The number of aliphatic hydroxyl groups is 1. The second kappa shape index (κ2) is 8.01. The van der Waals surface area contributed by atoms with E-state index >= 15 is 0 Å². The second-order valence-corrected chi connectivity index (χ2v) is 5.96. The Balaban J connectivity index is 2.19. The predicted molar refractivity (Wildman–Crippen MR) is 87.6 cm³/mol. The number of rotatable bonds is 3. The van der Waals surface area contributed by atoms with Crippen LogP contribution in [0.5, 0.6) is 0 Å². The summed E-state index contributed by atoms with van der Waals surface area (Å²) in [6.07, 6.45) is 6.66. The second-order valence-electron chi connectivity index (χ2n) is 5.17. The van der Waals surface area contributed by atoms with Crippen LogP contribution in [0.15, 0.2) is 23.2 Å². The lowest BCUT2D eigenvalue weighted by Crippen LogP contribution is -2.28. The molecule has 2 rings (SSSR count). The van der Waals surface area contributed by atoms with Crippen LogP contribution in [0.2, 0.25) is 0 Å². The van der Waals surface area contributed by atoms with Gasteiger partial charge >= 0.3 is 0 Å². The first-order chi connectivity index (χ1) is 10.6. The quantitative estimate of drug-likeness (QED) is 0.345. The number of aliphatic hydroxyl groups excluding tert-OH is 1. The Morgan fingerprint density at radius 3 is 2.77 bits per heavy atom. The van der Waals surface area contributed by atoms with E-state index in [0.717, 1.165) is 31.4 Å². The molecule has 0 aliphatic heterocycles. The normalized spacial score (nSPS) is 22.0. The molecule has 0 heterocycles. The zero-order chi connectivity index (χ0) is 15.9. The van der Waals surface area contributed by atoms with E-state index in [2.05, 4.69) is 15.6 Å². The number of anilines is 1. The first-order valence-corrected chi connectivity index (χ1v) is 8.36. The summed E-state index contributed by atoms with van der Waals surface area (Å²) in [4.78, 5) is 4.30. The van der Waals surface area contributed by atoms with E-state index in [-0.39, 0.29) is 18.0 Å². The number of nitrogens with zero attached hydrogens (tertiary/aromatic N) is 2. The molecule has 0 amide bonds. The zero-order valence-electron chi connectivity index (χ0n) is 12.3. The third-order valence-electron chi connectivity index (χ3n) is 3.59. The molecular weight excluding hydrogens is 303 g/mol. The number of nitrogens with one attached hydrogen (secondary N) is 2. The highest BCUT2D eigenvalue weighted by Crippen LogP contribution is 2.30. The molecular formula is C15H19FN4OS. The first kappa shape index (κ1) is 16.6. The molecule has 1 aliphatic rings. The van der Waals surface area contributed by atoms with Crippen molar-refractivity contribution >= 4 is 28.3 Å². The topological polar surface area (TPSA) is 80.4 Å². The Labute approximate surface area is 133 Å². The SMILES string of the molecule is CSC(=Nc1cc(F)ccc1NC1CCC(O)CC1)NC#N. The van der Waals surface area contributed by atoms with Gasteiger partial charge in [-0.2, -0.15) is 5.26 Å². The number of hydrogen-bond donors (Lipinski definition) is 3. The van der Waals surface area contributed by atoms with Crippen molar-refractivity contribution < 1.29 is 9.50 Å². The van der Waals surface area contributed by atoms with Crippen molar-refractivity contribution in [1.82, 2.24) is 5.32 Å². The van der Waals surface area contributed by atoms with E-state index in [0.29, 0.717) is 10.9 Å². The predicted octanol–water partition coefficient (Wildman–Crippen LogP) is 2.96. The van der Waals surface area contributed by atoms with Crippen LogP contribution < -0.4 is 10.6 Å². The molecule has 0 atom stereocenters. The minimum absolute atomic E-state index is 0.216. The molecule has 22 heavy (non-hydrogen) atoms. The Morgan fingerprint density at radius 2 is 2.14 bits per heavy atom. The minimum Gasteiger partial charge on any atom is -0.393 e. The fourth-order valence-corrected chi connectivity index (χ4v) is 2.78. The van der Waals surface area contributed by atoms with Crippen molar-refractivity contribution in [3.8, 4) is 6.19 Å². The third kappa shape index (κ3) is 4.61. The van der Waals surface area contributed by atoms with Crippen molar-refractivity contribution in [1.29, 1.82) is 5.26 Å². The largest absolute Gasteiger partial charge is 0.393 e. The average Bonchev–Trinajstić information content (AvgIpc) is 2.51. The minimum atomic E-state index is -0.374. The van der Waals surface area contributed by atoms with Crippen LogP contribution >= 0.6 is 11.8 Å². The van der Waals surface area contributed by atoms with Crippen molar-refractivity contribution in [3.63, 3.8) is 0 Å². The molecule has 7 heteroatoms. The summed E-state index contributed by atoms with van der Waals surface area (Å²) in [5, 5.41) is 24.5. The number of aliphatic imine (C=N–C) groups is 1. The zero-order valence-corrected chi connectivity index (χ0v) is 13.2. The summed E-state index contributed by atoms with van der Waals surface area (Å²) in [5.74, 6) is -0.374. The molecule has 118 valence electrons. The van der Waals surface area contributed by atoms with Crippen molar-refractivity contribution in [2.45, 2.75) is 37.8 Å². The smallest absolute Gasteiger partial charge is 0.183 e. The van der Waals surface area contributed by atoms with E-state index < -0.39 is 0 Å². The van der Waals surface area contributed by atoms with Crippen molar-refractivity contribution in [3.05, 3.63) is 24.0 Å². The van der Waals surface area contributed by atoms with E-state index in [1.807, 2.05) is 6.19 Å². The highest BCUT2D eigenvalue weighted by atomic mass is 32.2. The monoisotopic (exact) mass is 322 g/mol. The van der Waals surface area contributed by atoms with Gasteiger partial charge in [-0.3, -0.25) is 5.32 Å². The number of nitriles is 1. The van der Waals surface area contributed by atoms with Gasteiger partial charge in [0.2, 0.25) is 0 Å². The molecule has 0 saturated heterocycles. The Bertz CT molecular complexity index is 579. The van der Waals surface area contributed by atoms with Crippen molar-refractivity contribution in [2.75, 3.05) is 11.6 Å². The fourth-order valence-electron chi connectivity index (χ4n) is 2.44. The molecule has 1 fully saturated rings. The van der Waals surface area contributed by atoms with Gasteiger partial charge in [-0.1, -0.05) is 11.8 Å². The van der Waals surface area contributed by atoms with Crippen molar-refractivity contribution in [2.24, 2.45) is 4.99 Å². The standard InChI is InChI=1S/C15H19FN4OS/c1-22-15(18-9-17)20-14-8-10(16)2-7-13(14)19-11-3-5-12(21)6-4-11/h2,7-8,11-12,19,21H,3-6H2,1H3,(H,18,20). The van der Waals surface area contributed by atoms with Gasteiger partial charge in [0.1, 0.15) is 5.82 Å². The summed E-state index contributed by atoms with van der Waals surface area (Å²) in [6, 6.07) is 4.62. The number of halogens is 1. The fraction of sp³-hybridized carbons (Fsp3) is 0.467. The van der Waals surface area contributed by atoms with Gasteiger partial charge in [-0.15, -0.1) is 0 Å². The molecule has 1 aromatic rings. The summed E-state index contributed by atoms with van der Waals surface area (Å²) in [6.45, 7) is 0. The lowest BCUT2D eigenvalue weighted by atomic mass is 9.93. The average molecular weight is 322 g/mol. The van der Waals surface area contributed by atoms with Crippen LogP contribution in [0, 0.1) is 17.3 Å². The highest BCUT2D eigenvalue weighted by molar-refractivity contribution is 8.13. The van der Waals surface area contributed by atoms with Gasteiger partial charge in [0.05, 0.1) is 17.5 Å². The molecule has 1 saturated carbocycles. The Kier molecular flexibility index (Phi) is 6.04. The maximum atomic E-state index is 13.5. The van der Waals surface area contributed by atoms with Crippen LogP contribution in [-0.4, -0.2) is 28.7 Å². The van der Waals surface area contributed by atoms with Crippen LogP contribution in [-0.2, 0) is 0 Å². The van der Waals surface area contributed by atoms with Gasteiger partial charge in [0, 0.05) is 12.1 Å². The Hall–Kier alpha value is -1.78. The van der Waals surface area contributed by atoms with Crippen LogP contribution in [0.1, 0.15) is 25.7 Å². The van der Waals surface area contributed by atoms with E-state index in [9.17, 15) is 9.50 Å². The van der Waals surface area contributed by atoms with E-state index in [1.54, 1.807) is 12.3 Å². The van der Waals surface area contributed by atoms with Gasteiger partial charge < -0.3 is 10.4 Å². The molecule has 3 N–H and O–H groups in total. The molecule has 0 bridgehead atoms. The summed E-state index contributed by atoms with van der Waals surface area (Å²) in [7, 11) is 0. The third-order valence-corrected chi connectivity index (χ3v) is 4.17. The first-order valence-electron chi connectivity index (χ1n) is 7.14. The number of amidine groups is 1. The van der Waals surface area contributed by atoms with E-state index in [4.69, 9.17) is 5.26 Å². The summed E-state index contributed by atoms with van der Waals surface area (Å²) in [5.41, 5.74) is 1.19. The van der Waals surface area contributed by atoms with Crippen LogP contribution in [0.4, 0.5) is 15.8 Å². The maximum absolute atomic E-state index is 13.5. The van der Waals surface area contributed by atoms with Gasteiger partial charge in [-0.05, 0) is 44.1 Å². The molecule has 0 unspecified atom stereocenters. The Morgan fingerprint density at radius 1 is 1.41 bits per heavy atom. The molecule has 0 spiro atoms. The molecule has 5 nitrogen and oxygen atoms in total. The van der Waals surface area contributed by atoms with Gasteiger partial charge in [-0.25, -0.2) is 9.38 Å². The number of benzene rings is 1. The lowest BCUT2D eigenvalue weighted by molar-refractivity contribution is 0.126. The number of hydrogen-bond acceptors (Lipinski definition) is 5. The van der Waals surface area contributed by atoms with E-state index in [1.165, 1.54) is 23.9 Å². The highest BCUT2D eigenvalue weighted by Gasteiger charge is 2.20. The molecule has 1 aromatic carbocycles. The van der Waals surface area contributed by atoms with Crippen LogP contribution in [0.3, 0.4) is 0 Å². The molecule has 0 aromatic heterocycles. The summed E-state index contributed by atoms with van der Waals surface area (Å²) < 4.78 is 13.5. The lowest BCUT2D eigenvalue weighted by Gasteiger charge is -2.27. The van der Waals surface area contributed by atoms with Crippen LogP contribution in [0.25, 0.3) is 0 Å².